The number of hydrogen-bond donors (Lipinski definition) is 1. The zero-order chi connectivity index (χ0) is 12.3. The number of nitrogens with zero attached hydrogens (tertiary/aromatic N) is 1. The van der Waals surface area contributed by atoms with Crippen LogP contribution in [0.15, 0.2) is 18.2 Å². The number of fused-ring (bicyclic) bond motifs is 1. The van der Waals surface area contributed by atoms with Crippen LogP contribution in [-0.2, 0) is 11.0 Å². The fraction of sp³-hybridized carbons (Fsp3) is 0.500. The van der Waals surface area contributed by atoms with Crippen molar-refractivity contribution in [3.8, 4) is 0 Å². The molecule has 17 heavy (non-hydrogen) atoms. The van der Waals surface area contributed by atoms with E-state index in [1.807, 2.05) is 0 Å². The summed E-state index contributed by atoms with van der Waals surface area (Å²) < 4.78 is 1.27. The molecule has 0 saturated heterocycles. The molecule has 1 aromatic carbocycles. The Hall–Kier alpha value is -0.930. The lowest BCUT2D eigenvalue weighted by atomic mass is 9.98. The summed E-state index contributed by atoms with van der Waals surface area (Å²) in [6.45, 7) is 6.62. The molecule has 2 N–H and O–H groups in total. The number of thiazole rings is 1. The molecule has 0 bridgehead atoms. The average Bonchev–Trinajstić information content (AvgIpc) is 2.85. The van der Waals surface area contributed by atoms with Crippen molar-refractivity contribution in [3.63, 3.8) is 0 Å². The molecule has 0 aliphatic heterocycles. The van der Waals surface area contributed by atoms with Crippen molar-refractivity contribution < 1.29 is 0 Å². The van der Waals surface area contributed by atoms with Gasteiger partial charge in [0.05, 0.1) is 15.2 Å². The van der Waals surface area contributed by atoms with E-state index >= 15 is 0 Å². The van der Waals surface area contributed by atoms with E-state index in [0.717, 1.165) is 18.4 Å². The molecule has 3 heteroatoms. The van der Waals surface area contributed by atoms with Gasteiger partial charge in [-0.05, 0) is 30.5 Å². The van der Waals surface area contributed by atoms with Crippen LogP contribution in [0.25, 0.3) is 10.2 Å². The number of benzene rings is 1. The van der Waals surface area contributed by atoms with Crippen LogP contribution in [0.2, 0.25) is 0 Å². The van der Waals surface area contributed by atoms with E-state index in [1.54, 1.807) is 11.3 Å². The summed E-state index contributed by atoms with van der Waals surface area (Å²) in [6.07, 6.45) is 2.23. The van der Waals surface area contributed by atoms with E-state index in [9.17, 15) is 0 Å². The van der Waals surface area contributed by atoms with Gasteiger partial charge in [0.15, 0.2) is 0 Å². The average molecular weight is 246 g/mol. The fourth-order valence-electron chi connectivity index (χ4n) is 1.98. The number of nitrogens with two attached hydrogens (primary N) is 1. The Bertz CT molecular complexity index is 570. The molecule has 90 valence electrons. The molecule has 2 nitrogen and oxygen atoms in total. The first kappa shape index (κ1) is 11.2. The second-order valence-electron chi connectivity index (χ2n) is 6.11. The first-order valence-electron chi connectivity index (χ1n) is 6.09. The molecule has 1 aromatic heterocycles. The van der Waals surface area contributed by atoms with E-state index in [-0.39, 0.29) is 11.0 Å². The lowest BCUT2D eigenvalue weighted by Crippen LogP contribution is -2.18. The van der Waals surface area contributed by atoms with Crippen LogP contribution in [-0.4, -0.2) is 4.98 Å². The third-order valence-corrected chi connectivity index (χ3v) is 4.84. The molecule has 1 fully saturated rings. The van der Waals surface area contributed by atoms with Gasteiger partial charge in [0.1, 0.15) is 0 Å². The summed E-state index contributed by atoms with van der Waals surface area (Å²) in [5, 5.41) is 1.20. The Labute approximate surface area is 106 Å². The zero-order valence-electron chi connectivity index (χ0n) is 10.6. The minimum Gasteiger partial charge on any atom is -0.321 e. The molecule has 1 saturated carbocycles. The van der Waals surface area contributed by atoms with Crippen molar-refractivity contribution in [1.82, 2.24) is 4.98 Å². The van der Waals surface area contributed by atoms with E-state index in [2.05, 4.69) is 39.0 Å². The molecule has 1 aliphatic rings. The zero-order valence-corrected chi connectivity index (χ0v) is 11.4. The molecule has 0 atom stereocenters. The predicted molar refractivity (Wildman–Crippen MR) is 73.4 cm³/mol. The normalized spacial score (nSPS) is 18.6. The summed E-state index contributed by atoms with van der Waals surface area (Å²) in [6, 6.07) is 6.49. The summed E-state index contributed by atoms with van der Waals surface area (Å²) in [7, 11) is 0. The molecular formula is C14H18N2S. The van der Waals surface area contributed by atoms with E-state index in [4.69, 9.17) is 10.7 Å². The lowest BCUT2D eigenvalue weighted by Gasteiger charge is -2.13. The van der Waals surface area contributed by atoms with Gasteiger partial charge in [0.25, 0.3) is 0 Å². The quantitative estimate of drug-likeness (QED) is 0.836. The number of hydrogen-bond acceptors (Lipinski definition) is 3. The number of aromatic nitrogens is 1. The second-order valence-corrected chi connectivity index (χ2v) is 7.14. The van der Waals surface area contributed by atoms with Crippen LogP contribution in [0, 0.1) is 0 Å². The Morgan fingerprint density at radius 2 is 2.00 bits per heavy atom. The van der Waals surface area contributed by atoms with Gasteiger partial charge in [0.2, 0.25) is 0 Å². The summed E-state index contributed by atoms with van der Waals surface area (Å²) in [5.41, 5.74) is 8.70. The van der Waals surface area contributed by atoms with Gasteiger partial charge in [-0.3, -0.25) is 0 Å². The molecule has 0 amide bonds. The lowest BCUT2D eigenvalue weighted by molar-refractivity contribution is 0.587. The second kappa shape index (κ2) is 3.30. The van der Waals surface area contributed by atoms with E-state index in [1.165, 1.54) is 15.3 Å². The molecule has 0 radical (unpaired) electrons. The summed E-state index contributed by atoms with van der Waals surface area (Å²) in [5.74, 6) is 0. The van der Waals surface area contributed by atoms with Crippen LogP contribution < -0.4 is 5.73 Å². The van der Waals surface area contributed by atoms with Crippen molar-refractivity contribution in [2.45, 2.75) is 44.6 Å². The summed E-state index contributed by atoms with van der Waals surface area (Å²) in [4.78, 5) is 4.71. The van der Waals surface area contributed by atoms with Crippen LogP contribution in [0.1, 0.15) is 44.2 Å². The van der Waals surface area contributed by atoms with Crippen LogP contribution in [0.3, 0.4) is 0 Å². The highest BCUT2D eigenvalue weighted by atomic mass is 32.1. The minimum atomic E-state index is -0.0416. The smallest absolute Gasteiger partial charge is 0.0992 e. The van der Waals surface area contributed by atoms with Crippen LogP contribution >= 0.6 is 11.3 Å². The van der Waals surface area contributed by atoms with Gasteiger partial charge in [0, 0.05) is 11.0 Å². The largest absolute Gasteiger partial charge is 0.321 e. The Morgan fingerprint density at radius 1 is 1.29 bits per heavy atom. The van der Waals surface area contributed by atoms with Crippen LogP contribution in [0.4, 0.5) is 0 Å². The van der Waals surface area contributed by atoms with Crippen molar-refractivity contribution >= 4 is 21.6 Å². The molecule has 1 heterocycles. The maximum Gasteiger partial charge on any atom is 0.0992 e. The maximum absolute atomic E-state index is 6.24. The fourth-order valence-corrected chi connectivity index (χ4v) is 3.04. The van der Waals surface area contributed by atoms with Gasteiger partial charge in [-0.25, -0.2) is 4.98 Å². The highest BCUT2D eigenvalue weighted by Crippen LogP contribution is 2.44. The topological polar surface area (TPSA) is 38.9 Å². The third-order valence-electron chi connectivity index (χ3n) is 3.39. The third kappa shape index (κ3) is 1.87. The highest BCUT2D eigenvalue weighted by Gasteiger charge is 2.40. The van der Waals surface area contributed by atoms with Crippen molar-refractivity contribution in [1.29, 1.82) is 0 Å². The first-order chi connectivity index (χ1) is 7.88. The van der Waals surface area contributed by atoms with E-state index in [0.29, 0.717) is 0 Å². The Balaban J connectivity index is 2.11. The standard InChI is InChI=1S/C14H18N2S/c1-13(2,3)12-16-10-5-4-9(8-11(10)17-12)14(15)6-7-14/h4-5,8H,6-7,15H2,1-3H3. The summed E-state index contributed by atoms with van der Waals surface area (Å²) >= 11 is 1.80. The van der Waals surface area contributed by atoms with Gasteiger partial charge in [-0.15, -0.1) is 11.3 Å². The van der Waals surface area contributed by atoms with Crippen molar-refractivity contribution in [2.75, 3.05) is 0 Å². The molecule has 0 spiro atoms. The highest BCUT2D eigenvalue weighted by molar-refractivity contribution is 7.18. The number of rotatable bonds is 1. The predicted octanol–water partition coefficient (Wildman–Crippen LogP) is 3.54. The molecule has 2 aromatic rings. The minimum absolute atomic E-state index is 0.0416. The Kier molecular flexibility index (Phi) is 2.17. The molecule has 1 aliphatic carbocycles. The van der Waals surface area contributed by atoms with Gasteiger partial charge >= 0.3 is 0 Å². The van der Waals surface area contributed by atoms with Gasteiger partial charge < -0.3 is 5.73 Å². The maximum atomic E-state index is 6.24. The Morgan fingerprint density at radius 3 is 2.59 bits per heavy atom. The van der Waals surface area contributed by atoms with Gasteiger partial charge in [-0.2, -0.15) is 0 Å². The van der Waals surface area contributed by atoms with Crippen molar-refractivity contribution in [2.24, 2.45) is 5.73 Å². The van der Waals surface area contributed by atoms with E-state index < -0.39 is 0 Å². The monoisotopic (exact) mass is 246 g/mol. The molecule has 3 rings (SSSR count). The van der Waals surface area contributed by atoms with Crippen LogP contribution in [0.5, 0.6) is 0 Å². The first-order valence-corrected chi connectivity index (χ1v) is 6.91. The molecular weight excluding hydrogens is 228 g/mol. The molecule has 0 unspecified atom stereocenters. The SMILES string of the molecule is CC(C)(C)c1nc2ccc(C3(N)CC3)cc2s1. The van der Waals surface area contributed by atoms with Crippen molar-refractivity contribution in [3.05, 3.63) is 28.8 Å². The van der Waals surface area contributed by atoms with Gasteiger partial charge in [-0.1, -0.05) is 26.8 Å².